The minimum Gasteiger partial charge on any atom is -0.354 e. The highest BCUT2D eigenvalue weighted by Gasteiger charge is 2.23. The lowest BCUT2D eigenvalue weighted by Crippen LogP contribution is -2.40. The predicted molar refractivity (Wildman–Crippen MR) is 100.0 cm³/mol. The number of likely N-dealkylation sites (tertiary alicyclic amines) is 1. The molecule has 1 aromatic rings. The second kappa shape index (κ2) is 9.80. The molecule has 0 saturated carbocycles. The highest BCUT2D eigenvalue weighted by atomic mass is 16.2. The molecule has 1 saturated heterocycles. The van der Waals surface area contributed by atoms with Crippen LogP contribution in [-0.4, -0.2) is 55.5 Å². The van der Waals surface area contributed by atoms with Gasteiger partial charge in [0.1, 0.15) is 6.04 Å². The van der Waals surface area contributed by atoms with Gasteiger partial charge in [0.25, 0.3) is 0 Å². The first kappa shape index (κ1) is 18.9. The molecule has 1 heterocycles. The zero-order chi connectivity index (χ0) is 17.4. The van der Waals surface area contributed by atoms with E-state index in [9.17, 15) is 4.79 Å². The maximum Gasteiger partial charge on any atom is 0.241 e. The van der Waals surface area contributed by atoms with E-state index in [1.165, 1.54) is 25.9 Å². The van der Waals surface area contributed by atoms with E-state index in [1.54, 1.807) is 0 Å². The fourth-order valence-corrected chi connectivity index (χ4v) is 3.32. The zero-order valence-electron chi connectivity index (χ0n) is 15.5. The summed E-state index contributed by atoms with van der Waals surface area (Å²) in [6.45, 7) is 9.53. The van der Waals surface area contributed by atoms with Crippen molar-refractivity contribution in [2.24, 2.45) is 5.92 Å². The molecular weight excluding hydrogens is 298 g/mol. The number of benzene rings is 1. The Hall–Kier alpha value is -1.39. The largest absolute Gasteiger partial charge is 0.354 e. The highest BCUT2D eigenvalue weighted by Crippen LogP contribution is 2.19. The molecule has 1 N–H and O–H groups in total. The maximum atomic E-state index is 12.7. The van der Waals surface area contributed by atoms with Crippen molar-refractivity contribution >= 4 is 5.91 Å². The van der Waals surface area contributed by atoms with Crippen molar-refractivity contribution in [3.05, 3.63) is 35.9 Å². The van der Waals surface area contributed by atoms with Crippen molar-refractivity contribution < 1.29 is 4.79 Å². The number of carbonyl (C=O) groups is 1. The minimum absolute atomic E-state index is 0.109. The van der Waals surface area contributed by atoms with Crippen molar-refractivity contribution in [2.75, 3.05) is 39.8 Å². The van der Waals surface area contributed by atoms with Crippen LogP contribution in [-0.2, 0) is 4.79 Å². The zero-order valence-corrected chi connectivity index (χ0v) is 15.5. The fraction of sp³-hybridized carbons (Fsp3) is 0.650. The summed E-state index contributed by atoms with van der Waals surface area (Å²) in [5, 5.41) is 3.14. The average molecular weight is 332 g/mol. The van der Waals surface area contributed by atoms with Crippen molar-refractivity contribution in [1.82, 2.24) is 15.1 Å². The maximum absolute atomic E-state index is 12.7. The molecule has 0 radical (unpaired) electrons. The lowest BCUT2D eigenvalue weighted by Gasteiger charge is -2.30. The minimum atomic E-state index is -0.202. The Bertz CT molecular complexity index is 483. The van der Waals surface area contributed by atoms with Gasteiger partial charge in [0.15, 0.2) is 0 Å². The number of piperidine rings is 1. The number of carbonyl (C=O) groups excluding carboxylic acids is 1. The Morgan fingerprint density at radius 1 is 1.29 bits per heavy atom. The molecule has 1 amide bonds. The molecule has 4 heteroatoms. The van der Waals surface area contributed by atoms with Gasteiger partial charge in [0.2, 0.25) is 5.91 Å². The Morgan fingerprint density at radius 2 is 1.96 bits per heavy atom. The van der Waals surface area contributed by atoms with Gasteiger partial charge < -0.3 is 10.2 Å². The van der Waals surface area contributed by atoms with Crippen molar-refractivity contribution in [2.45, 2.75) is 39.2 Å². The van der Waals surface area contributed by atoms with Gasteiger partial charge in [-0.1, -0.05) is 44.2 Å². The molecule has 0 bridgehead atoms. The summed E-state index contributed by atoms with van der Waals surface area (Å²) in [7, 11) is 2.01. The molecule has 0 spiro atoms. The molecule has 0 aliphatic carbocycles. The van der Waals surface area contributed by atoms with E-state index in [0.717, 1.165) is 37.5 Å². The standard InChI is InChI=1S/C20H33N3O/c1-4-22(3)19(18-9-6-5-7-10-18)20(24)21-13-8-14-23-15-11-17(2)12-16-23/h5-7,9-10,17,19H,4,8,11-16H2,1-3H3,(H,21,24). The summed E-state index contributed by atoms with van der Waals surface area (Å²) in [5.41, 5.74) is 1.06. The first-order chi connectivity index (χ1) is 11.6. The van der Waals surface area contributed by atoms with Crippen LogP contribution in [0.15, 0.2) is 30.3 Å². The molecule has 1 aliphatic heterocycles. The normalized spacial score (nSPS) is 17.8. The SMILES string of the molecule is CCN(C)C(C(=O)NCCCN1CCC(C)CC1)c1ccccc1. The summed E-state index contributed by atoms with van der Waals surface area (Å²) in [6.07, 6.45) is 3.64. The van der Waals surface area contributed by atoms with Crippen LogP contribution >= 0.6 is 0 Å². The fourth-order valence-electron chi connectivity index (χ4n) is 3.32. The second-order valence-corrected chi connectivity index (χ2v) is 7.06. The lowest BCUT2D eigenvalue weighted by molar-refractivity contribution is -0.126. The van der Waals surface area contributed by atoms with E-state index in [2.05, 4.69) is 29.0 Å². The summed E-state index contributed by atoms with van der Waals surface area (Å²) in [6, 6.07) is 9.85. The summed E-state index contributed by atoms with van der Waals surface area (Å²) < 4.78 is 0. The number of amides is 1. The number of likely N-dealkylation sites (N-methyl/N-ethyl adjacent to an activating group) is 1. The molecular formula is C20H33N3O. The number of hydrogen-bond acceptors (Lipinski definition) is 3. The first-order valence-electron chi connectivity index (χ1n) is 9.37. The summed E-state index contributed by atoms with van der Waals surface area (Å²) >= 11 is 0. The first-order valence-corrected chi connectivity index (χ1v) is 9.37. The molecule has 1 aliphatic rings. The molecule has 1 atom stereocenters. The number of nitrogens with zero attached hydrogens (tertiary/aromatic N) is 2. The molecule has 1 unspecified atom stereocenters. The van der Waals surface area contributed by atoms with Gasteiger partial charge in [-0.3, -0.25) is 9.69 Å². The van der Waals surface area contributed by atoms with E-state index >= 15 is 0 Å². The monoisotopic (exact) mass is 331 g/mol. The van der Waals surface area contributed by atoms with Gasteiger partial charge in [-0.15, -0.1) is 0 Å². The van der Waals surface area contributed by atoms with Gasteiger partial charge in [-0.05, 0) is 64.0 Å². The van der Waals surface area contributed by atoms with Gasteiger partial charge in [0.05, 0.1) is 0 Å². The quantitative estimate of drug-likeness (QED) is 0.744. The van der Waals surface area contributed by atoms with Crippen LogP contribution in [0.2, 0.25) is 0 Å². The Balaban J connectivity index is 1.78. The third kappa shape index (κ3) is 5.60. The van der Waals surface area contributed by atoms with Crippen molar-refractivity contribution in [1.29, 1.82) is 0 Å². The van der Waals surface area contributed by atoms with Gasteiger partial charge >= 0.3 is 0 Å². The lowest BCUT2D eigenvalue weighted by atomic mass is 9.99. The van der Waals surface area contributed by atoms with Crippen LogP contribution in [0, 0.1) is 5.92 Å². The van der Waals surface area contributed by atoms with Crippen LogP contribution in [0.1, 0.15) is 44.7 Å². The smallest absolute Gasteiger partial charge is 0.241 e. The van der Waals surface area contributed by atoms with E-state index in [-0.39, 0.29) is 11.9 Å². The van der Waals surface area contributed by atoms with Crippen LogP contribution in [0.3, 0.4) is 0 Å². The van der Waals surface area contributed by atoms with Crippen LogP contribution in [0.25, 0.3) is 0 Å². The second-order valence-electron chi connectivity index (χ2n) is 7.06. The van der Waals surface area contributed by atoms with E-state index in [1.807, 2.05) is 37.4 Å². The van der Waals surface area contributed by atoms with E-state index < -0.39 is 0 Å². The van der Waals surface area contributed by atoms with Crippen LogP contribution in [0.4, 0.5) is 0 Å². The van der Waals surface area contributed by atoms with Gasteiger partial charge in [-0.2, -0.15) is 0 Å². The molecule has 24 heavy (non-hydrogen) atoms. The Labute approximate surface area is 147 Å². The highest BCUT2D eigenvalue weighted by molar-refractivity contribution is 5.83. The molecule has 0 aromatic heterocycles. The average Bonchev–Trinajstić information content (AvgIpc) is 2.61. The van der Waals surface area contributed by atoms with E-state index in [4.69, 9.17) is 0 Å². The molecule has 1 fully saturated rings. The van der Waals surface area contributed by atoms with Crippen molar-refractivity contribution in [3.8, 4) is 0 Å². The van der Waals surface area contributed by atoms with Gasteiger partial charge in [0, 0.05) is 6.54 Å². The predicted octanol–water partition coefficient (Wildman–Crippen LogP) is 2.92. The van der Waals surface area contributed by atoms with Gasteiger partial charge in [-0.25, -0.2) is 0 Å². The third-order valence-electron chi connectivity index (χ3n) is 5.13. The topological polar surface area (TPSA) is 35.6 Å². The van der Waals surface area contributed by atoms with Crippen LogP contribution < -0.4 is 5.32 Å². The number of rotatable bonds is 8. The summed E-state index contributed by atoms with van der Waals surface area (Å²) in [5.74, 6) is 0.981. The molecule has 2 rings (SSSR count). The van der Waals surface area contributed by atoms with E-state index in [0.29, 0.717) is 0 Å². The third-order valence-corrected chi connectivity index (χ3v) is 5.13. The number of hydrogen-bond donors (Lipinski definition) is 1. The van der Waals surface area contributed by atoms with Crippen LogP contribution in [0.5, 0.6) is 0 Å². The molecule has 1 aromatic carbocycles. The molecule has 134 valence electrons. The Morgan fingerprint density at radius 3 is 2.58 bits per heavy atom. The number of nitrogens with one attached hydrogen (secondary N) is 1. The molecule has 4 nitrogen and oxygen atoms in total. The summed E-state index contributed by atoms with van der Waals surface area (Å²) in [4.78, 5) is 17.3. The Kier molecular flexibility index (Phi) is 7.73. The van der Waals surface area contributed by atoms with Crippen molar-refractivity contribution in [3.63, 3.8) is 0 Å².